The van der Waals surface area contributed by atoms with E-state index in [-0.39, 0.29) is 12.2 Å². The fourth-order valence-corrected chi connectivity index (χ4v) is 1.94. The summed E-state index contributed by atoms with van der Waals surface area (Å²) in [7, 11) is 1.34. The minimum Gasteiger partial charge on any atom is -0.490 e. The molecular formula is C14H19BrO4. The van der Waals surface area contributed by atoms with Gasteiger partial charge in [-0.05, 0) is 49.7 Å². The molecule has 4 nitrogen and oxygen atoms in total. The smallest absolute Gasteiger partial charge is 0.341 e. The molecule has 1 rings (SSSR count). The maximum atomic E-state index is 11.7. The first-order valence-corrected chi connectivity index (χ1v) is 6.89. The normalized spacial score (nSPS) is 10.7. The van der Waals surface area contributed by atoms with Gasteiger partial charge in [0.05, 0.1) is 23.8 Å². The van der Waals surface area contributed by atoms with Crippen LogP contribution in [0.15, 0.2) is 16.6 Å². The quantitative estimate of drug-likeness (QED) is 0.770. The topological polar surface area (TPSA) is 44.8 Å². The Morgan fingerprint density at radius 3 is 2.05 bits per heavy atom. The van der Waals surface area contributed by atoms with E-state index in [0.29, 0.717) is 21.5 Å². The Balaban J connectivity index is 3.23. The highest BCUT2D eigenvalue weighted by atomic mass is 79.9. The predicted octanol–water partition coefficient (Wildman–Crippen LogP) is 3.81. The molecule has 0 unspecified atom stereocenters. The van der Waals surface area contributed by atoms with Crippen LogP contribution in [-0.4, -0.2) is 25.3 Å². The minimum atomic E-state index is -0.438. The van der Waals surface area contributed by atoms with Gasteiger partial charge >= 0.3 is 5.97 Å². The van der Waals surface area contributed by atoms with Gasteiger partial charge < -0.3 is 14.2 Å². The van der Waals surface area contributed by atoms with Gasteiger partial charge in [0.25, 0.3) is 0 Å². The van der Waals surface area contributed by atoms with Crippen LogP contribution in [0.2, 0.25) is 0 Å². The molecule has 0 atom stereocenters. The van der Waals surface area contributed by atoms with Crippen molar-refractivity contribution in [2.45, 2.75) is 39.9 Å². The lowest BCUT2D eigenvalue weighted by Gasteiger charge is -2.17. The fraction of sp³-hybridized carbons (Fsp3) is 0.500. The van der Waals surface area contributed by atoms with Crippen molar-refractivity contribution in [3.05, 3.63) is 22.2 Å². The van der Waals surface area contributed by atoms with Gasteiger partial charge in [0, 0.05) is 6.07 Å². The van der Waals surface area contributed by atoms with E-state index in [2.05, 4.69) is 15.9 Å². The number of halogens is 1. The molecule has 0 aliphatic rings. The summed E-state index contributed by atoms with van der Waals surface area (Å²) in [6.07, 6.45) is -0.0105. The number of esters is 1. The van der Waals surface area contributed by atoms with Crippen LogP contribution in [-0.2, 0) is 4.74 Å². The zero-order valence-corrected chi connectivity index (χ0v) is 13.4. The summed E-state index contributed by atoms with van der Waals surface area (Å²) in [6, 6.07) is 3.36. The molecule has 1 aromatic carbocycles. The molecule has 0 saturated carbocycles. The number of hydrogen-bond acceptors (Lipinski definition) is 4. The minimum absolute atomic E-state index is 0.0344. The molecule has 0 amide bonds. The Morgan fingerprint density at radius 1 is 1.05 bits per heavy atom. The van der Waals surface area contributed by atoms with E-state index in [1.807, 2.05) is 27.7 Å². The van der Waals surface area contributed by atoms with E-state index < -0.39 is 5.97 Å². The molecule has 0 aliphatic heterocycles. The Morgan fingerprint density at radius 2 is 1.58 bits per heavy atom. The molecule has 19 heavy (non-hydrogen) atoms. The first-order chi connectivity index (χ1) is 8.85. The molecule has 0 bridgehead atoms. The lowest BCUT2D eigenvalue weighted by molar-refractivity contribution is 0.0594. The number of benzene rings is 1. The van der Waals surface area contributed by atoms with E-state index >= 15 is 0 Å². The Hall–Kier alpha value is -1.23. The van der Waals surface area contributed by atoms with Crippen LogP contribution in [0, 0.1) is 0 Å². The number of methoxy groups -OCH3 is 1. The van der Waals surface area contributed by atoms with Crippen LogP contribution in [0.4, 0.5) is 0 Å². The average Bonchev–Trinajstić information content (AvgIpc) is 2.30. The highest BCUT2D eigenvalue weighted by molar-refractivity contribution is 9.10. The SMILES string of the molecule is COC(=O)c1cc(Br)c(OC(C)C)cc1OC(C)C. The highest BCUT2D eigenvalue weighted by Gasteiger charge is 2.18. The second-order valence-electron chi connectivity index (χ2n) is 4.60. The zero-order chi connectivity index (χ0) is 14.6. The first-order valence-electron chi connectivity index (χ1n) is 6.10. The van der Waals surface area contributed by atoms with Crippen molar-refractivity contribution >= 4 is 21.9 Å². The Kier molecular flexibility index (Phi) is 5.66. The fourth-order valence-electron chi connectivity index (χ4n) is 1.50. The Bertz CT molecular complexity index is 455. The maximum absolute atomic E-state index is 11.7. The van der Waals surface area contributed by atoms with Crippen LogP contribution in [0.25, 0.3) is 0 Å². The van der Waals surface area contributed by atoms with Gasteiger partial charge in [0.15, 0.2) is 0 Å². The molecule has 0 saturated heterocycles. The summed E-state index contributed by atoms with van der Waals surface area (Å²) < 4.78 is 16.7. The predicted molar refractivity (Wildman–Crippen MR) is 77.0 cm³/mol. The third-order valence-electron chi connectivity index (χ3n) is 2.16. The summed E-state index contributed by atoms with van der Waals surface area (Å²) in [5.41, 5.74) is 0.374. The standard InChI is InChI=1S/C14H19BrO4/c1-8(2)18-12-7-13(19-9(3)4)11(15)6-10(12)14(16)17-5/h6-9H,1-5H3. The van der Waals surface area contributed by atoms with Crippen molar-refractivity contribution in [3.8, 4) is 11.5 Å². The molecule has 0 aromatic heterocycles. The molecule has 0 aliphatic carbocycles. The van der Waals surface area contributed by atoms with E-state index in [1.165, 1.54) is 7.11 Å². The van der Waals surface area contributed by atoms with Crippen LogP contribution >= 0.6 is 15.9 Å². The molecule has 0 radical (unpaired) electrons. The molecule has 0 fully saturated rings. The molecule has 1 aromatic rings. The molecule has 0 N–H and O–H groups in total. The van der Waals surface area contributed by atoms with Gasteiger partial charge in [-0.25, -0.2) is 4.79 Å². The summed E-state index contributed by atoms with van der Waals surface area (Å²) >= 11 is 3.39. The summed E-state index contributed by atoms with van der Waals surface area (Å²) in [5.74, 6) is 0.659. The second kappa shape index (κ2) is 6.80. The van der Waals surface area contributed by atoms with Gasteiger partial charge in [0.2, 0.25) is 0 Å². The maximum Gasteiger partial charge on any atom is 0.341 e. The van der Waals surface area contributed by atoms with E-state index in [9.17, 15) is 4.79 Å². The third kappa shape index (κ3) is 4.42. The van der Waals surface area contributed by atoms with E-state index in [1.54, 1.807) is 12.1 Å². The van der Waals surface area contributed by atoms with Crippen molar-refractivity contribution in [1.82, 2.24) is 0 Å². The van der Waals surface area contributed by atoms with Crippen LogP contribution in [0.1, 0.15) is 38.1 Å². The monoisotopic (exact) mass is 330 g/mol. The van der Waals surface area contributed by atoms with Crippen molar-refractivity contribution < 1.29 is 19.0 Å². The number of hydrogen-bond donors (Lipinski definition) is 0. The largest absolute Gasteiger partial charge is 0.490 e. The number of carbonyl (C=O) groups is 1. The first kappa shape index (κ1) is 15.8. The van der Waals surface area contributed by atoms with Crippen LogP contribution in [0.3, 0.4) is 0 Å². The lowest BCUT2D eigenvalue weighted by Crippen LogP contribution is -2.12. The zero-order valence-electron chi connectivity index (χ0n) is 11.8. The van der Waals surface area contributed by atoms with Gasteiger partial charge in [-0.15, -0.1) is 0 Å². The van der Waals surface area contributed by atoms with E-state index in [0.717, 1.165) is 0 Å². The molecule has 106 valence electrons. The molecule has 5 heteroatoms. The van der Waals surface area contributed by atoms with Crippen molar-refractivity contribution in [3.63, 3.8) is 0 Å². The lowest BCUT2D eigenvalue weighted by atomic mass is 10.2. The van der Waals surface area contributed by atoms with Gasteiger partial charge in [-0.3, -0.25) is 0 Å². The Labute approximate surface area is 122 Å². The highest BCUT2D eigenvalue weighted by Crippen LogP contribution is 2.34. The third-order valence-corrected chi connectivity index (χ3v) is 2.78. The number of carbonyl (C=O) groups excluding carboxylic acids is 1. The van der Waals surface area contributed by atoms with Gasteiger partial charge in [-0.1, -0.05) is 0 Å². The van der Waals surface area contributed by atoms with Crippen molar-refractivity contribution in [2.75, 3.05) is 7.11 Å². The van der Waals surface area contributed by atoms with Gasteiger partial charge in [0.1, 0.15) is 17.1 Å². The average molecular weight is 331 g/mol. The summed E-state index contributed by atoms with van der Waals surface area (Å²) in [4.78, 5) is 11.7. The van der Waals surface area contributed by atoms with Crippen LogP contribution < -0.4 is 9.47 Å². The van der Waals surface area contributed by atoms with Crippen molar-refractivity contribution in [1.29, 1.82) is 0 Å². The summed E-state index contributed by atoms with van der Waals surface area (Å²) in [5, 5.41) is 0. The molecule has 0 heterocycles. The molecule has 0 spiro atoms. The van der Waals surface area contributed by atoms with Crippen molar-refractivity contribution in [2.24, 2.45) is 0 Å². The van der Waals surface area contributed by atoms with E-state index in [4.69, 9.17) is 14.2 Å². The molecular weight excluding hydrogens is 312 g/mol. The summed E-state index contributed by atoms with van der Waals surface area (Å²) in [6.45, 7) is 7.66. The second-order valence-corrected chi connectivity index (χ2v) is 5.46. The number of rotatable bonds is 5. The van der Waals surface area contributed by atoms with Gasteiger partial charge in [-0.2, -0.15) is 0 Å². The van der Waals surface area contributed by atoms with Crippen LogP contribution in [0.5, 0.6) is 11.5 Å². The number of ether oxygens (including phenoxy) is 3.